The first kappa shape index (κ1) is 17.7. The molecule has 1 atom stereocenters. The number of nitrogens with zero attached hydrogens (tertiary/aromatic N) is 5. The van der Waals surface area contributed by atoms with E-state index in [1.807, 2.05) is 17.9 Å². The first-order chi connectivity index (χ1) is 12.1. The predicted octanol–water partition coefficient (Wildman–Crippen LogP) is 1.48. The minimum atomic E-state index is 0.122. The van der Waals surface area contributed by atoms with E-state index in [4.69, 9.17) is 0 Å². The number of anilines is 2. The Kier molecular flexibility index (Phi) is 5.54. The largest absolute Gasteiger partial charge is 0.341 e. The van der Waals surface area contributed by atoms with Crippen molar-refractivity contribution < 1.29 is 4.79 Å². The molecule has 0 spiro atoms. The van der Waals surface area contributed by atoms with Gasteiger partial charge in [-0.3, -0.25) is 4.79 Å². The molecule has 1 saturated heterocycles. The summed E-state index contributed by atoms with van der Waals surface area (Å²) in [7, 11) is 1.78. The fourth-order valence-corrected chi connectivity index (χ4v) is 3.54. The van der Waals surface area contributed by atoms with Crippen molar-refractivity contribution >= 4 is 28.2 Å². The number of amides is 1. The van der Waals surface area contributed by atoms with Crippen LogP contribution in [0.5, 0.6) is 0 Å². The molecular formula is C16H23N7OS. The molecule has 3 rings (SSSR count). The summed E-state index contributed by atoms with van der Waals surface area (Å²) in [5.74, 6) is 1.79. The van der Waals surface area contributed by atoms with Gasteiger partial charge in [-0.1, -0.05) is 18.3 Å². The molecule has 25 heavy (non-hydrogen) atoms. The molecule has 0 bridgehead atoms. The van der Waals surface area contributed by atoms with Gasteiger partial charge in [-0.25, -0.2) is 9.97 Å². The topological polar surface area (TPSA) is 95.9 Å². The molecule has 2 N–H and O–H groups in total. The molecule has 2 aromatic heterocycles. The zero-order valence-corrected chi connectivity index (χ0v) is 15.6. The van der Waals surface area contributed by atoms with Crippen LogP contribution >= 0.6 is 11.3 Å². The molecule has 0 aromatic carbocycles. The lowest BCUT2D eigenvalue weighted by atomic mass is 10.1. The second-order valence-electron chi connectivity index (χ2n) is 6.09. The van der Waals surface area contributed by atoms with Crippen molar-refractivity contribution in [3.05, 3.63) is 22.6 Å². The van der Waals surface area contributed by atoms with Gasteiger partial charge in [0.25, 0.3) is 0 Å². The number of likely N-dealkylation sites (N-methyl/N-ethyl adjacent to an activating group) is 1. The SMILES string of the molecule is CCc1nnc(Nc2cc(C)nc([C@@H]3CCN(C(=O)CNC)C3)n2)s1. The van der Waals surface area contributed by atoms with Crippen LogP contribution in [0.15, 0.2) is 6.07 Å². The van der Waals surface area contributed by atoms with E-state index in [0.29, 0.717) is 13.1 Å². The Hall–Kier alpha value is -2.13. The second kappa shape index (κ2) is 7.83. The Balaban J connectivity index is 1.72. The number of nitrogens with one attached hydrogen (secondary N) is 2. The number of hydrogen-bond acceptors (Lipinski definition) is 8. The van der Waals surface area contributed by atoms with Crippen LogP contribution in [0.4, 0.5) is 10.9 Å². The Morgan fingerprint density at radius 2 is 2.24 bits per heavy atom. The maximum atomic E-state index is 12.0. The Morgan fingerprint density at radius 3 is 2.96 bits per heavy atom. The fourth-order valence-electron chi connectivity index (χ4n) is 2.86. The minimum Gasteiger partial charge on any atom is -0.341 e. The average Bonchev–Trinajstić information content (AvgIpc) is 3.23. The molecule has 8 nitrogen and oxygen atoms in total. The summed E-state index contributed by atoms with van der Waals surface area (Å²) in [4.78, 5) is 23.1. The summed E-state index contributed by atoms with van der Waals surface area (Å²) in [6, 6.07) is 1.90. The van der Waals surface area contributed by atoms with Crippen molar-refractivity contribution in [2.75, 3.05) is 32.0 Å². The van der Waals surface area contributed by atoms with Gasteiger partial charge in [0.15, 0.2) is 0 Å². The second-order valence-corrected chi connectivity index (χ2v) is 7.15. The van der Waals surface area contributed by atoms with E-state index in [1.54, 1.807) is 7.05 Å². The lowest BCUT2D eigenvalue weighted by molar-refractivity contribution is -0.129. The Labute approximate surface area is 151 Å². The van der Waals surface area contributed by atoms with Crippen LogP contribution in [0.1, 0.15) is 35.8 Å². The number of aryl methyl sites for hydroxylation is 2. The maximum absolute atomic E-state index is 12.0. The summed E-state index contributed by atoms with van der Waals surface area (Å²) < 4.78 is 0. The van der Waals surface area contributed by atoms with Gasteiger partial charge in [-0.05, 0) is 26.8 Å². The summed E-state index contributed by atoms with van der Waals surface area (Å²) in [5.41, 5.74) is 0.896. The van der Waals surface area contributed by atoms with Crippen LogP contribution in [0.25, 0.3) is 0 Å². The Morgan fingerprint density at radius 1 is 1.40 bits per heavy atom. The first-order valence-electron chi connectivity index (χ1n) is 8.46. The van der Waals surface area contributed by atoms with Crippen LogP contribution in [0, 0.1) is 6.92 Å². The molecule has 0 aliphatic carbocycles. The van der Waals surface area contributed by atoms with E-state index >= 15 is 0 Å². The van der Waals surface area contributed by atoms with Gasteiger partial charge in [0, 0.05) is 30.8 Å². The minimum absolute atomic E-state index is 0.122. The zero-order valence-electron chi connectivity index (χ0n) is 14.7. The number of rotatable bonds is 6. The highest BCUT2D eigenvalue weighted by Crippen LogP contribution is 2.27. The molecule has 1 amide bonds. The van der Waals surface area contributed by atoms with Crippen LogP contribution in [-0.2, 0) is 11.2 Å². The molecule has 0 radical (unpaired) electrons. The predicted molar refractivity (Wildman–Crippen MR) is 97.2 cm³/mol. The van der Waals surface area contributed by atoms with Crippen molar-refractivity contribution in [3.63, 3.8) is 0 Å². The van der Waals surface area contributed by atoms with Gasteiger partial charge in [-0.15, -0.1) is 10.2 Å². The molecule has 134 valence electrons. The van der Waals surface area contributed by atoms with Gasteiger partial charge in [0.05, 0.1) is 6.54 Å². The molecule has 0 unspecified atom stereocenters. The zero-order chi connectivity index (χ0) is 17.8. The quantitative estimate of drug-likeness (QED) is 0.804. The lowest BCUT2D eigenvalue weighted by Crippen LogP contribution is -2.35. The van der Waals surface area contributed by atoms with Gasteiger partial charge in [0.2, 0.25) is 11.0 Å². The number of carbonyl (C=O) groups excluding carboxylic acids is 1. The van der Waals surface area contributed by atoms with Crippen LogP contribution in [0.3, 0.4) is 0 Å². The molecular weight excluding hydrogens is 338 g/mol. The third-order valence-electron chi connectivity index (χ3n) is 4.11. The van der Waals surface area contributed by atoms with Crippen molar-refractivity contribution in [1.82, 2.24) is 30.4 Å². The standard InChI is InChI=1S/C16H23N7OS/c1-4-13-21-22-16(25-13)20-12-7-10(2)18-15(19-12)11-5-6-23(9-11)14(24)8-17-3/h7,11,17H,4-6,8-9H2,1-3H3,(H,18,19,20,22)/t11-/m1/s1. The molecule has 1 aliphatic heterocycles. The highest BCUT2D eigenvalue weighted by molar-refractivity contribution is 7.15. The van der Waals surface area contributed by atoms with E-state index in [1.165, 1.54) is 11.3 Å². The van der Waals surface area contributed by atoms with Gasteiger partial charge >= 0.3 is 0 Å². The summed E-state index contributed by atoms with van der Waals surface area (Å²) in [6.45, 7) is 5.79. The van der Waals surface area contributed by atoms with Crippen LogP contribution in [0.2, 0.25) is 0 Å². The molecule has 2 aromatic rings. The summed E-state index contributed by atoms with van der Waals surface area (Å²) >= 11 is 1.53. The number of likely N-dealkylation sites (tertiary alicyclic amines) is 1. The first-order valence-corrected chi connectivity index (χ1v) is 9.28. The monoisotopic (exact) mass is 361 g/mol. The fraction of sp³-hybridized carbons (Fsp3) is 0.562. The highest BCUT2D eigenvalue weighted by atomic mass is 32.1. The van der Waals surface area contributed by atoms with E-state index < -0.39 is 0 Å². The number of carbonyl (C=O) groups is 1. The smallest absolute Gasteiger partial charge is 0.236 e. The van der Waals surface area contributed by atoms with Crippen molar-refractivity contribution in [3.8, 4) is 0 Å². The highest BCUT2D eigenvalue weighted by Gasteiger charge is 2.29. The van der Waals surface area contributed by atoms with E-state index in [2.05, 4.69) is 37.7 Å². The van der Waals surface area contributed by atoms with Crippen LogP contribution < -0.4 is 10.6 Å². The van der Waals surface area contributed by atoms with E-state index in [0.717, 1.165) is 46.9 Å². The lowest BCUT2D eigenvalue weighted by Gasteiger charge is -2.16. The molecule has 9 heteroatoms. The van der Waals surface area contributed by atoms with E-state index in [-0.39, 0.29) is 11.8 Å². The van der Waals surface area contributed by atoms with Crippen molar-refractivity contribution in [1.29, 1.82) is 0 Å². The average molecular weight is 361 g/mol. The normalized spacial score (nSPS) is 17.1. The van der Waals surface area contributed by atoms with Crippen molar-refractivity contribution in [2.45, 2.75) is 32.6 Å². The van der Waals surface area contributed by atoms with Crippen molar-refractivity contribution in [2.24, 2.45) is 0 Å². The van der Waals surface area contributed by atoms with E-state index in [9.17, 15) is 4.79 Å². The summed E-state index contributed by atoms with van der Waals surface area (Å²) in [5, 5.41) is 16.1. The molecule has 0 saturated carbocycles. The third kappa shape index (κ3) is 4.29. The number of hydrogen-bond donors (Lipinski definition) is 2. The van der Waals surface area contributed by atoms with Crippen LogP contribution in [-0.4, -0.2) is 57.7 Å². The van der Waals surface area contributed by atoms with Gasteiger partial charge < -0.3 is 15.5 Å². The molecule has 1 fully saturated rings. The third-order valence-corrected chi connectivity index (χ3v) is 5.09. The molecule has 3 heterocycles. The molecule has 1 aliphatic rings. The Bertz CT molecular complexity index is 748. The summed E-state index contributed by atoms with van der Waals surface area (Å²) in [6.07, 6.45) is 1.75. The van der Waals surface area contributed by atoms with Gasteiger partial charge in [-0.2, -0.15) is 0 Å². The van der Waals surface area contributed by atoms with Gasteiger partial charge in [0.1, 0.15) is 16.6 Å². The maximum Gasteiger partial charge on any atom is 0.236 e. The number of aromatic nitrogens is 4.